The van der Waals surface area contributed by atoms with Gasteiger partial charge in [0.05, 0.1) is 5.56 Å². The molecule has 0 aliphatic carbocycles. The van der Waals surface area contributed by atoms with Crippen molar-refractivity contribution in [3.05, 3.63) is 33.8 Å². The molecule has 0 fully saturated rings. The molecule has 14 heavy (non-hydrogen) atoms. The lowest BCUT2D eigenvalue weighted by molar-refractivity contribution is 0.0696. The maximum atomic E-state index is 10.7. The van der Waals surface area contributed by atoms with Crippen molar-refractivity contribution in [3.63, 3.8) is 0 Å². The molecule has 1 aromatic rings. The molecule has 0 heterocycles. The minimum absolute atomic E-state index is 0.122. The Morgan fingerprint density at radius 3 is 2.79 bits per heavy atom. The van der Waals surface area contributed by atoms with Gasteiger partial charge in [0.15, 0.2) is 0 Å². The van der Waals surface area contributed by atoms with Gasteiger partial charge in [0.25, 0.3) is 0 Å². The van der Waals surface area contributed by atoms with Crippen LogP contribution >= 0.6 is 15.9 Å². The van der Waals surface area contributed by atoms with Crippen molar-refractivity contribution in [1.82, 2.24) is 0 Å². The van der Waals surface area contributed by atoms with Crippen molar-refractivity contribution >= 4 is 21.9 Å². The fourth-order valence-corrected chi connectivity index (χ4v) is 1.72. The van der Waals surface area contributed by atoms with E-state index in [0.717, 1.165) is 16.5 Å². The highest BCUT2D eigenvalue weighted by molar-refractivity contribution is 9.10. The summed E-state index contributed by atoms with van der Waals surface area (Å²) in [5.74, 6) is -0.929. The van der Waals surface area contributed by atoms with Crippen molar-refractivity contribution < 1.29 is 9.90 Å². The molecule has 3 nitrogen and oxygen atoms in total. The first kappa shape index (κ1) is 11.2. The minimum atomic E-state index is -0.929. The number of aromatic carboxylic acids is 1. The van der Waals surface area contributed by atoms with Crippen LogP contribution in [0.4, 0.5) is 0 Å². The number of rotatable bonds is 3. The van der Waals surface area contributed by atoms with E-state index in [1.807, 2.05) is 6.92 Å². The molecule has 0 unspecified atom stereocenters. The highest BCUT2D eigenvalue weighted by atomic mass is 79.9. The third-order valence-corrected chi connectivity index (χ3v) is 2.80. The normalized spacial score (nSPS) is 12.5. The summed E-state index contributed by atoms with van der Waals surface area (Å²) in [6, 6.07) is 4.76. The van der Waals surface area contributed by atoms with Crippen LogP contribution in [-0.2, 0) is 0 Å². The van der Waals surface area contributed by atoms with E-state index in [2.05, 4.69) is 15.9 Å². The largest absolute Gasteiger partial charge is 0.478 e. The second kappa shape index (κ2) is 4.57. The third-order valence-electron chi connectivity index (χ3n) is 2.08. The summed E-state index contributed by atoms with van der Waals surface area (Å²) in [5.41, 5.74) is 6.95. The SMILES string of the molecule is CC[C@H](N)c1cc(C(=O)O)ccc1Br. The van der Waals surface area contributed by atoms with Gasteiger partial charge in [-0.1, -0.05) is 22.9 Å². The molecule has 3 N–H and O–H groups in total. The van der Waals surface area contributed by atoms with Crippen molar-refractivity contribution in [1.29, 1.82) is 0 Å². The van der Waals surface area contributed by atoms with Crippen molar-refractivity contribution in [3.8, 4) is 0 Å². The molecule has 0 spiro atoms. The van der Waals surface area contributed by atoms with E-state index in [0.29, 0.717) is 0 Å². The van der Waals surface area contributed by atoms with Crippen LogP contribution in [0.2, 0.25) is 0 Å². The standard InChI is InChI=1S/C10H12BrNO2/c1-2-9(12)7-5-6(10(13)14)3-4-8(7)11/h3-5,9H,2,12H2,1H3,(H,13,14)/t9-/m0/s1. The van der Waals surface area contributed by atoms with E-state index in [1.165, 1.54) is 0 Å². The van der Waals surface area contributed by atoms with Crippen LogP contribution in [0, 0.1) is 0 Å². The number of carbonyl (C=O) groups is 1. The Bertz CT molecular complexity index is 352. The summed E-state index contributed by atoms with van der Waals surface area (Å²) >= 11 is 3.35. The molecular formula is C10H12BrNO2. The monoisotopic (exact) mass is 257 g/mol. The lowest BCUT2D eigenvalue weighted by atomic mass is 10.0. The average molecular weight is 258 g/mol. The van der Waals surface area contributed by atoms with Gasteiger partial charge in [-0.2, -0.15) is 0 Å². The second-order valence-electron chi connectivity index (χ2n) is 3.06. The maximum Gasteiger partial charge on any atom is 0.335 e. The first-order valence-electron chi connectivity index (χ1n) is 4.34. The van der Waals surface area contributed by atoms with Crippen LogP contribution in [0.1, 0.15) is 35.3 Å². The molecule has 0 radical (unpaired) electrons. The number of hydrogen-bond acceptors (Lipinski definition) is 2. The zero-order chi connectivity index (χ0) is 10.7. The average Bonchev–Trinajstić information content (AvgIpc) is 2.17. The summed E-state index contributed by atoms with van der Waals surface area (Å²) in [4.78, 5) is 10.7. The lowest BCUT2D eigenvalue weighted by Crippen LogP contribution is -2.10. The summed E-state index contributed by atoms with van der Waals surface area (Å²) < 4.78 is 0.858. The molecule has 0 aromatic heterocycles. The number of nitrogens with two attached hydrogens (primary N) is 1. The van der Waals surface area contributed by atoms with E-state index in [4.69, 9.17) is 10.8 Å². The van der Waals surface area contributed by atoms with Gasteiger partial charge in [-0.25, -0.2) is 4.79 Å². The van der Waals surface area contributed by atoms with Gasteiger partial charge in [0.2, 0.25) is 0 Å². The number of carboxylic acids is 1. The summed E-state index contributed by atoms with van der Waals surface area (Å²) in [7, 11) is 0. The highest BCUT2D eigenvalue weighted by Gasteiger charge is 2.11. The van der Waals surface area contributed by atoms with Crippen molar-refractivity contribution in [2.45, 2.75) is 19.4 Å². The van der Waals surface area contributed by atoms with Crippen LogP contribution in [-0.4, -0.2) is 11.1 Å². The summed E-state index contributed by atoms with van der Waals surface area (Å²) in [6.45, 7) is 1.96. The molecule has 0 bridgehead atoms. The Morgan fingerprint density at radius 2 is 2.29 bits per heavy atom. The molecule has 1 atom stereocenters. The van der Waals surface area contributed by atoms with Gasteiger partial charge in [0, 0.05) is 10.5 Å². The van der Waals surface area contributed by atoms with Gasteiger partial charge in [-0.05, 0) is 30.2 Å². The maximum absolute atomic E-state index is 10.7. The van der Waals surface area contributed by atoms with E-state index in [1.54, 1.807) is 18.2 Å². The topological polar surface area (TPSA) is 63.3 Å². The predicted molar refractivity (Wildman–Crippen MR) is 58.3 cm³/mol. The zero-order valence-corrected chi connectivity index (χ0v) is 9.41. The number of benzene rings is 1. The Morgan fingerprint density at radius 1 is 1.64 bits per heavy atom. The van der Waals surface area contributed by atoms with Crippen LogP contribution < -0.4 is 5.73 Å². The Kier molecular flexibility index (Phi) is 3.66. The van der Waals surface area contributed by atoms with Gasteiger partial charge in [-0.15, -0.1) is 0 Å². The molecule has 0 saturated carbocycles. The van der Waals surface area contributed by atoms with E-state index in [-0.39, 0.29) is 11.6 Å². The van der Waals surface area contributed by atoms with Gasteiger partial charge in [-0.3, -0.25) is 0 Å². The van der Waals surface area contributed by atoms with Gasteiger partial charge in [0.1, 0.15) is 0 Å². The molecular weight excluding hydrogens is 246 g/mol. The number of carboxylic acid groups (broad SMARTS) is 1. The summed E-state index contributed by atoms with van der Waals surface area (Å²) in [6.07, 6.45) is 0.779. The van der Waals surface area contributed by atoms with Crippen LogP contribution in [0.5, 0.6) is 0 Å². The fraction of sp³-hybridized carbons (Fsp3) is 0.300. The van der Waals surface area contributed by atoms with E-state index < -0.39 is 5.97 Å². The predicted octanol–water partition coefficient (Wildman–Crippen LogP) is 2.56. The fourth-order valence-electron chi connectivity index (χ4n) is 1.18. The first-order valence-corrected chi connectivity index (χ1v) is 5.14. The van der Waals surface area contributed by atoms with Crippen molar-refractivity contribution in [2.75, 3.05) is 0 Å². The molecule has 1 aromatic carbocycles. The van der Waals surface area contributed by atoms with Crippen LogP contribution in [0.15, 0.2) is 22.7 Å². The van der Waals surface area contributed by atoms with E-state index >= 15 is 0 Å². The van der Waals surface area contributed by atoms with Gasteiger partial charge >= 0.3 is 5.97 Å². The Balaban J connectivity index is 3.14. The van der Waals surface area contributed by atoms with E-state index in [9.17, 15) is 4.79 Å². The number of hydrogen-bond donors (Lipinski definition) is 2. The third kappa shape index (κ3) is 2.33. The Labute approximate surface area is 91.1 Å². The second-order valence-corrected chi connectivity index (χ2v) is 3.91. The molecule has 76 valence electrons. The van der Waals surface area contributed by atoms with Crippen LogP contribution in [0.3, 0.4) is 0 Å². The zero-order valence-electron chi connectivity index (χ0n) is 7.83. The molecule has 1 rings (SSSR count). The number of halogens is 1. The first-order chi connectivity index (χ1) is 6.56. The smallest absolute Gasteiger partial charge is 0.335 e. The highest BCUT2D eigenvalue weighted by Crippen LogP contribution is 2.25. The summed E-state index contributed by atoms with van der Waals surface area (Å²) in [5, 5.41) is 8.80. The molecule has 0 amide bonds. The lowest BCUT2D eigenvalue weighted by Gasteiger charge is -2.11. The quantitative estimate of drug-likeness (QED) is 0.875. The molecule has 4 heteroatoms. The molecule has 0 aliphatic rings. The molecule has 0 saturated heterocycles. The van der Waals surface area contributed by atoms with Gasteiger partial charge < -0.3 is 10.8 Å². The van der Waals surface area contributed by atoms with Crippen LogP contribution in [0.25, 0.3) is 0 Å². The Hall–Kier alpha value is -0.870. The van der Waals surface area contributed by atoms with Crippen molar-refractivity contribution in [2.24, 2.45) is 5.73 Å². The molecule has 0 aliphatic heterocycles. The minimum Gasteiger partial charge on any atom is -0.478 e.